The summed E-state index contributed by atoms with van der Waals surface area (Å²) in [5.41, 5.74) is 3.32. The van der Waals surface area contributed by atoms with E-state index < -0.39 is 0 Å². The van der Waals surface area contributed by atoms with Crippen LogP contribution in [0, 0.1) is 0 Å². The summed E-state index contributed by atoms with van der Waals surface area (Å²) in [6, 6.07) is 14.2. The van der Waals surface area contributed by atoms with Crippen LogP contribution in [0.3, 0.4) is 0 Å². The molecule has 0 bridgehead atoms. The number of benzene rings is 1. The van der Waals surface area contributed by atoms with Gasteiger partial charge in [-0.2, -0.15) is 0 Å². The van der Waals surface area contributed by atoms with Gasteiger partial charge in [-0.1, -0.05) is 40.5 Å². The van der Waals surface area contributed by atoms with Crippen LogP contribution in [0.2, 0.25) is 10.0 Å². The maximum Gasteiger partial charge on any atom is 0.185 e. The largest absolute Gasteiger partial charge is 0.378 e. The molecule has 4 rings (SSSR count). The number of ketones is 1. The minimum absolute atomic E-state index is 0.0525. The number of halogens is 2. The van der Waals surface area contributed by atoms with E-state index in [0.29, 0.717) is 39.2 Å². The van der Waals surface area contributed by atoms with Crippen molar-refractivity contribution in [3.63, 3.8) is 0 Å². The number of anilines is 1. The number of hydrogen-bond donors (Lipinski definition) is 1. The molecule has 0 radical (unpaired) electrons. The molecule has 0 saturated heterocycles. The quantitative estimate of drug-likeness (QED) is 0.419. The summed E-state index contributed by atoms with van der Waals surface area (Å²) in [4.78, 5) is 20.6. The van der Waals surface area contributed by atoms with Gasteiger partial charge in [0.15, 0.2) is 11.5 Å². The van der Waals surface area contributed by atoms with Gasteiger partial charge < -0.3 is 9.84 Å². The number of pyridine rings is 2. The first-order valence-electron chi connectivity index (χ1n) is 9.12. The van der Waals surface area contributed by atoms with Gasteiger partial charge in [0.25, 0.3) is 0 Å². The molecule has 1 aromatic carbocycles. The van der Waals surface area contributed by atoms with Crippen molar-refractivity contribution in [3.05, 3.63) is 82.7 Å². The second-order valence-corrected chi connectivity index (χ2v) is 7.35. The standard InChI is InChI=1S/C22H16Cl2N4O2/c23-17-4-1-5-18(24)22(17)20-11-21(30-28-20)19-10-15(6-8-26-19)27-13-16(29)9-14-3-2-7-25-12-14/h1-8,10-12H,9,13H2,(H,26,27). The van der Waals surface area contributed by atoms with E-state index in [2.05, 4.69) is 20.4 Å². The van der Waals surface area contributed by atoms with Gasteiger partial charge in [0, 0.05) is 42.3 Å². The number of hydrogen-bond acceptors (Lipinski definition) is 6. The Morgan fingerprint density at radius 1 is 1.00 bits per heavy atom. The van der Waals surface area contributed by atoms with E-state index in [-0.39, 0.29) is 12.3 Å². The number of carbonyl (C=O) groups is 1. The highest BCUT2D eigenvalue weighted by Gasteiger charge is 2.15. The number of Topliss-reactive ketones (excluding diaryl/α,β-unsaturated/α-hetero) is 1. The second-order valence-electron chi connectivity index (χ2n) is 6.53. The first-order chi connectivity index (χ1) is 14.6. The molecule has 6 nitrogen and oxygen atoms in total. The third-order valence-corrected chi connectivity index (χ3v) is 4.99. The molecular formula is C22H16Cl2N4O2. The maximum absolute atomic E-state index is 12.2. The van der Waals surface area contributed by atoms with E-state index in [0.717, 1.165) is 11.3 Å². The Hall–Kier alpha value is -3.22. The van der Waals surface area contributed by atoms with Gasteiger partial charge >= 0.3 is 0 Å². The van der Waals surface area contributed by atoms with E-state index in [1.165, 1.54) is 0 Å². The molecule has 4 aromatic rings. The molecule has 3 heterocycles. The Labute approximate surface area is 182 Å². The van der Waals surface area contributed by atoms with Crippen LogP contribution in [-0.4, -0.2) is 27.5 Å². The summed E-state index contributed by atoms with van der Waals surface area (Å²) < 4.78 is 5.44. The summed E-state index contributed by atoms with van der Waals surface area (Å²) in [6.45, 7) is 0.190. The topological polar surface area (TPSA) is 80.9 Å². The lowest BCUT2D eigenvalue weighted by molar-refractivity contribution is -0.116. The van der Waals surface area contributed by atoms with Crippen molar-refractivity contribution in [2.45, 2.75) is 6.42 Å². The van der Waals surface area contributed by atoms with Crippen molar-refractivity contribution in [3.8, 4) is 22.7 Å². The van der Waals surface area contributed by atoms with E-state index in [1.807, 2.05) is 12.1 Å². The van der Waals surface area contributed by atoms with Crippen molar-refractivity contribution in [1.82, 2.24) is 15.1 Å². The number of nitrogens with one attached hydrogen (secondary N) is 1. The highest BCUT2D eigenvalue weighted by molar-refractivity contribution is 6.39. The highest BCUT2D eigenvalue weighted by atomic mass is 35.5. The molecule has 150 valence electrons. The van der Waals surface area contributed by atoms with Crippen LogP contribution >= 0.6 is 23.2 Å². The monoisotopic (exact) mass is 438 g/mol. The molecule has 0 aliphatic heterocycles. The predicted octanol–water partition coefficient (Wildman–Crippen LogP) is 5.33. The van der Waals surface area contributed by atoms with Gasteiger partial charge in [0.05, 0.1) is 16.6 Å². The van der Waals surface area contributed by atoms with E-state index >= 15 is 0 Å². The lowest BCUT2D eigenvalue weighted by Gasteiger charge is -2.06. The fourth-order valence-electron chi connectivity index (χ4n) is 2.93. The summed E-state index contributed by atoms with van der Waals surface area (Å²) in [5.74, 6) is 0.517. The molecule has 0 spiro atoms. The first kappa shape index (κ1) is 20.1. The molecule has 0 amide bonds. The number of nitrogens with zero attached hydrogens (tertiary/aromatic N) is 3. The third-order valence-electron chi connectivity index (χ3n) is 4.36. The minimum atomic E-state index is 0.0525. The molecule has 0 saturated carbocycles. The minimum Gasteiger partial charge on any atom is -0.378 e. The van der Waals surface area contributed by atoms with Crippen LogP contribution in [0.15, 0.2) is 71.6 Å². The molecule has 0 fully saturated rings. The Balaban J connectivity index is 1.46. The SMILES string of the molecule is O=C(CNc1ccnc(-c2cc(-c3c(Cl)cccc3Cl)no2)c1)Cc1cccnc1. The average Bonchev–Trinajstić information content (AvgIpc) is 3.23. The van der Waals surface area contributed by atoms with Gasteiger partial charge in [-0.3, -0.25) is 14.8 Å². The Morgan fingerprint density at radius 2 is 1.83 bits per heavy atom. The van der Waals surface area contributed by atoms with Crippen LogP contribution in [-0.2, 0) is 11.2 Å². The summed E-state index contributed by atoms with van der Waals surface area (Å²) >= 11 is 12.5. The Bertz CT molecular complexity index is 1160. The van der Waals surface area contributed by atoms with E-state index in [1.54, 1.807) is 55.0 Å². The molecule has 0 atom stereocenters. The van der Waals surface area contributed by atoms with Crippen molar-refractivity contribution < 1.29 is 9.32 Å². The van der Waals surface area contributed by atoms with Crippen LogP contribution in [0.5, 0.6) is 0 Å². The summed E-state index contributed by atoms with van der Waals surface area (Å²) in [7, 11) is 0. The lowest BCUT2D eigenvalue weighted by atomic mass is 10.1. The summed E-state index contributed by atoms with van der Waals surface area (Å²) in [6.07, 6.45) is 5.32. The van der Waals surface area contributed by atoms with Gasteiger partial charge in [-0.15, -0.1) is 0 Å². The fraction of sp³-hybridized carbons (Fsp3) is 0.0909. The van der Waals surface area contributed by atoms with Crippen LogP contribution in [0.4, 0.5) is 5.69 Å². The zero-order chi connectivity index (χ0) is 20.9. The van der Waals surface area contributed by atoms with Gasteiger partial charge in [0.2, 0.25) is 0 Å². The van der Waals surface area contributed by atoms with Gasteiger partial charge in [-0.05, 0) is 35.9 Å². The molecule has 0 aliphatic carbocycles. The third kappa shape index (κ3) is 4.67. The predicted molar refractivity (Wildman–Crippen MR) is 117 cm³/mol. The van der Waals surface area contributed by atoms with Crippen LogP contribution < -0.4 is 5.32 Å². The smallest absolute Gasteiger partial charge is 0.185 e. The molecule has 8 heteroatoms. The van der Waals surface area contributed by atoms with Crippen molar-refractivity contribution in [2.75, 3.05) is 11.9 Å². The molecule has 0 aliphatic rings. The zero-order valence-corrected chi connectivity index (χ0v) is 17.2. The summed E-state index contributed by atoms with van der Waals surface area (Å²) in [5, 5.41) is 8.16. The zero-order valence-electron chi connectivity index (χ0n) is 15.7. The number of aromatic nitrogens is 3. The molecule has 30 heavy (non-hydrogen) atoms. The van der Waals surface area contributed by atoms with Crippen molar-refractivity contribution in [2.24, 2.45) is 0 Å². The first-order valence-corrected chi connectivity index (χ1v) is 9.88. The number of rotatable bonds is 7. The number of carbonyl (C=O) groups excluding carboxylic acids is 1. The molecule has 3 aromatic heterocycles. The van der Waals surface area contributed by atoms with Crippen LogP contribution in [0.25, 0.3) is 22.7 Å². The van der Waals surface area contributed by atoms with Crippen molar-refractivity contribution in [1.29, 1.82) is 0 Å². The van der Waals surface area contributed by atoms with Crippen LogP contribution in [0.1, 0.15) is 5.56 Å². The van der Waals surface area contributed by atoms with Crippen molar-refractivity contribution >= 4 is 34.7 Å². The molecule has 1 N–H and O–H groups in total. The second kappa shape index (κ2) is 9.07. The van der Waals surface area contributed by atoms with Gasteiger partial charge in [-0.25, -0.2) is 0 Å². The average molecular weight is 439 g/mol. The Morgan fingerprint density at radius 3 is 2.60 bits per heavy atom. The van der Waals surface area contributed by atoms with E-state index in [9.17, 15) is 4.79 Å². The highest BCUT2D eigenvalue weighted by Crippen LogP contribution is 2.35. The normalized spacial score (nSPS) is 10.7. The van der Waals surface area contributed by atoms with E-state index in [4.69, 9.17) is 27.7 Å². The molecule has 0 unspecified atom stereocenters. The van der Waals surface area contributed by atoms with Gasteiger partial charge in [0.1, 0.15) is 11.4 Å². The molecular weight excluding hydrogens is 423 g/mol. The lowest BCUT2D eigenvalue weighted by Crippen LogP contribution is -2.16. The maximum atomic E-state index is 12.2. The fourth-order valence-corrected chi connectivity index (χ4v) is 3.52. The Kier molecular flexibility index (Phi) is 6.07.